The Kier molecular flexibility index (Phi) is 6.20. The van der Waals surface area contributed by atoms with Gasteiger partial charge in [-0.1, -0.05) is 0 Å². The van der Waals surface area contributed by atoms with E-state index in [1.54, 1.807) is 0 Å². The number of hydrogen-bond donors (Lipinski definition) is 1. The predicted molar refractivity (Wildman–Crippen MR) is 96.4 cm³/mol. The van der Waals surface area contributed by atoms with Gasteiger partial charge in [0.05, 0.1) is 0 Å². The minimum atomic E-state index is -5.00. The number of anilines is 1. The van der Waals surface area contributed by atoms with E-state index in [0.29, 0.717) is 4.57 Å². The van der Waals surface area contributed by atoms with Crippen molar-refractivity contribution in [2.24, 2.45) is 0 Å². The number of esters is 3. The summed E-state index contributed by atoms with van der Waals surface area (Å²) in [5, 5.41) is 0. The second-order valence-electron chi connectivity index (χ2n) is 6.75. The Labute approximate surface area is 177 Å². The van der Waals surface area contributed by atoms with Crippen LogP contribution in [0.15, 0.2) is 6.33 Å². The van der Waals surface area contributed by atoms with E-state index < -0.39 is 61.1 Å². The molecule has 174 valence electrons. The molecule has 0 radical (unpaired) electrons. The van der Waals surface area contributed by atoms with E-state index in [4.69, 9.17) is 24.7 Å². The van der Waals surface area contributed by atoms with Crippen LogP contribution >= 0.6 is 0 Å². The molecule has 2 N–H and O–H groups in total. The molecule has 4 atom stereocenters. The molecule has 2 unspecified atom stereocenters. The van der Waals surface area contributed by atoms with Gasteiger partial charge in [0.2, 0.25) is 5.82 Å². The minimum Gasteiger partial charge on any atom is -0.463 e. The molecule has 1 aliphatic heterocycles. The molecule has 0 spiro atoms. The topological polar surface area (TPSA) is 158 Å². The summed E-state index contributed by atoms with van der Waals surface area (Å²) in [6, 6.07) is 0. The number of halogens is 3. The second kappa shape index (κ2) is 8.57. The van der Waals surface area contributed by atoms with Gasteiger partial charge in [-0.25, -0.2) is 15.0 Å². The molecule has 2 aromatic heterocycles. The predicted octanol–water partition coefficient (Wildman–Crippen LogP) is 0.751. The molecule has 2 aromatic rings. The third kappa shape index (κ3) is 4.56. The summed E-state index contributed by atoms with van der Waals surface area (Å²) >= 11 is 0. The highest BCUT2D eigenvalue weighted by atomic mass is 19.4. The zero-order valence-corrected chi connectivity index (χ0v) is 17.0. The zero-order valence-electron chi connectivity index (χ0n) is 17.0. The van der Waals surface area contributed by atoms with E-state index in [0.717, 1.165) is 27.1 Å². The maximum Gasteiger partial charge on any atom is 0.449 e. The first kappa shape index (κ1) is 23.2. The van der Waals surface area contributed by atoms with Crippen LogP contribution in [0.3, 0.4) is 0 Å². The molecule has 32 heavy (non-hydrogen) atoms. The van der Waals surface area contributed by atoms with Gasteiger partial charge >= 0.3 is 24.1 Å². The standard InChI is InChI=1S/C17H18F3N5O7/c1-6(26)29-4-9-11(30-7(2)27)12(31-8(3)28)15(32-9)25-14-10(13(21)22-5-23-14)24-16(25)17(18,19)20/h5,9,11-12,15H,4H2,1-3H3,(H2,21,22,23)/t9-,11?,12?,15-/m1/s1. The van der Waals surface area contributed by atoms with Gasteiger partial charge in [0.1, 0.15) is 19.0 Å². The van der Waals surface area contributed by atoms with Crippen molar-refractivity contribution in [2.45, 2.75) is 51.5 Å². The summed E-state index contributed by atoms with van der Waals surface area (Å²) in [5.41, 5.74) is 4.93. The van der Waals surface area contributed by atoms with Gasteiger partial charge in [-0.15, -0.1) is 0 Å². The second-order valence-corrected chi connectivity index (χ2v) is 6.75. The number of carbonyl (C=O) groups excluding carboxylic acids is 3. The number of alkyl halides is 3. The number of aromatic nitrogens is 4. The maximum absolute atomic E-state index is 13.8. The number of ether oxygens (including phenoxy) is 4. The van der Waals surface area contributed by atoms with E-state index in [1.807, 2.05) is 0 Å². The van der Waals surface area contributed by atoms with Gasteiger partial charge in [-0.3, -0.25) is 19.0 Å². The Morgan fingerprint density at radius 1 is 1.09 bits per heavy atom. The summed E-state index contributed by atoms with van der Waals surface area (Å²) < 4.78 is 62.9. The number of imidazole rings is 1. The highest BCUT2D eigenvalue weighted by Crippen LogP contribution is 2.41. The monoisotopic (exact) mass is 461 g/mol. The molecular weight excluding hydrogens is 443 g/mol. The van der Waals surface area contributed by atoms with Crippen LogP contribution in [0.25, 0.3) is 11.2 Å². The number of fused-ring (bicyclic) bond motifs is 1. The summed E-state index contributed by atoms with van der Waals surface area (Å²) in [6.07, 6.45) is -10.0. The van der Waals surface area contributed by atoms with Crippen LogP contribution in [0.1, 0.15) is 32.8 Å². The molecule has 3 heterocycles. The van der Waals surface area contributed by atoms with Gasteiger partial charge in [-0.2, -0.15) is 13.2 Å². The Balaban J connectivity index is 2.18. The van der Waals surface area contributed by atoms with Crippen LogP contribution < -0.4 is 5.73 Å². The molecule has 0 aliphatic carbocycles. The number of nitrogens with zero attached hydrogens (tertiary/aromatic N) is 4. The summed E-state index contributed by atoms with van der Waals surface area (Å²) in [5.74, 6) is -4.22. The minimum absolute atomic E-state index is 0.325. The molecule has 1 aliphatic rings. The van der Waals surface area contributed by atoms with Gasteiger partial charge in [0, 0.05) is 20.8 Å². The van der Waals surface area contributed by atoms with Crippen LogP contribution in [-0.2, 0) is 39.5 Å². The van der Waals surface area contributed by atoms with Crippen molar-refractivity contribution in [3.8, 4) is 0 Å². The lowest BCUT2D eigenvalue weighted by molar-refractivity contribution is -0.168. The van der Waals surface area contributed by atoms with Gasteiger partial charge in [0.25, 0.3) is 0 Å². The van der Waals surface area contributed by atoms with Crippen molar-refractivity contribution in [1.29, 1.82) is 0 Å². The molecular formula is C17H18F3N5O7. The Bertz CT molecular complexity index is 1060. The van der Waals surface area contributed by atoms with Gasteiger partial charge in [-0.05, 0) is 0 Å². The lowest BCUT2D eigenvalue weighted by atomic mass is 10.1. The van der Waals surface area contributed by atoms with E-state index in [1.165, 1.54) is 0 Å². The lowest BCUT2D eigenvalue weighted by Gasteiger charge is -2.24. The molecule has 1 fully saturated rings. The third-order valence-corrected chi connectivity index (χ3v) is 4.35. The SMILES string of the molecule is CC(=O)OC[C@H]1O[C@@H](n2c(C(F)(F)F)nc3c(N)ncnc32)C(OC(C)=O)C1OC(C)=O. The first-order chi connectivity index (χ1) is 14.9. The average Bonchev–Trinajstić information content (AvgIpc) is 3.19. The van der Waals surface area contributed by atoms with E-state index in [-0.39, 0.29) is 17.0 Å². The van der Waals surface area contributed by atoms with Crippen LogP contribution in [0.2, 0.25) is 0 Å². The summed E-state index contributed by atoms with van der Waals surface area (Å²) in [7, 11) is 0. The van der Waals surface area contributed by atoms with Crippen molar-refractivity contribution in [1.82, 2.24) is 19.5 Å². The molecule has 15 heteroatoms. The maximum atomic E-state index is 13.8. The van der Waals surface area contributed by atoms with Crippen molar-refractivity contribution >= 4 is 34.9 Å². The fourth-order valence-corrected chi connectivity index (χ4v) is 3.27. The van der Waals surface area contributed by atoms with Crippen LogP contribution in [0, 0.1) is 0 Å². The van der Waals surface area contributed by atoms with Crippen molar-refractivity contribution in [3.05, 3.63) is 12.2 Å². The number of rotatable bonds is 5. The normalized spacial score (nSPS) is 23.2. The molecule has 0 bridgehead atoms. The number of hydrogen-bond acceptors (Lipinski definition) is 11. The van der Waals surface area contributed by atoms with E-state index >= 15 is 0 Å². The summed E-state index contributed by atoms with van der Waals surface area (Å²) in [6.45, 7) is 2.66. The Hall–Kier alpha value is -3.49. The van der Waals surface area contributed by atoms with Crippen molar-refractivity contribution in [2.75, 3.05) is 12.3 Å². The fraction of sp³-hybridized carbons (Fsp3) is 0.529. The molecule has 0 saturated carbocycles. The Morgan fingerprint density at radius 2 is 1.72 bits per heavy atom. The number of nitrogen functional groups attached to an aromatic ring is 1. The quantitative estimate of drug-likeness (QED) is 0.495. The van der Waals surface area contributed by atoms with Crippen molar-refractivity contribution < 1.29 is 46.5 Å². The molecule has 0 amide bonds. The van der Waals surface area contributed by atoms with Gasteiger partial charge in [0.15, 0.2) is 35.4 Å². The van der Waals surface area contributed by atoms with E-state index in [2.05, 4.69) is 15.0 Å². The zero-order chi connectivity index (χ0) is 23.8. The lowest BCUT2D eigenvalue weighted by Crippen LogP contribution is -2.41. The van der Waals surface area contributed by atoms with Crippen LogP contribution in [-0.4, -0.2) is 62.3 Å². The Morgan fingerprint density at radius 3 is 2.28 bits per heavy atom. The average molecular weight is 461 g/mol. The van der Waals surface area contributed by atoms with Crippen LogP contribution in [0.4, 0.5) is 19.0 Å². The first-order valence-electron chi connectivity index (χ1n) is 9.09. The largest absolute Gasteiger partial charge is 0.463 e. The molecule has 3 rings (SSSR count). The molecule has 1 saturated heterocycles. The molecule has 12 nitrogen and oxygen atoms in total. The highest BCUT2D eigenvalue weighted by molar-refractivity contribution is 5.82. The third-order valence-electron chi connectivity index (χ3n) is 4.35. The summed E-state index contributed by atoms with van der Waals surface area (Å²) in [4.78, 5) is 45.5. The fourth-order valence-electron chi connectivity index (χ4n) is 3.27. The highest BCUT2D eigenvalue weighted by Gasteiger charge is 2.53. The number of carbonyl (C=O) groups is 3. The van der Waals surface area contributed by atoms with Crippen molar-refractivity contribution in [3.63, 3.8) is 0 Å². The van der Waals surface area contributed by atoms with Gasteiger partial charge < -0.3 is 24.7 Å². The smallest absolute Gasteiger partial charge is 0.449 e. The van der Waals surface area contributed by atoms with Crippen LogP contribution in [0.5, 0.6) is 0 Å². The number of nitrogens with two attached hydrogens (primary N) is 1. The molecule has 0 aromatic carbocycles. The van der Waals surface area contributed by atoms with E-state index in [9.17, 15) is 27.6 Å². The first-order valence-corrected chi connectivity index (χ1v) is 9.09.